The van der Waals surface area contributed by atoms with Crippen molar-refractivity contribution >= 4 is 17.7 Å². The number of likely N-dealkylation sites (tertiary alicyclic amines) is 1. The van der Waals surface area contributed by atoms with Gasteiger partial charge in [0.05, 0.1) is 7.11 Å². The number of carbonyl (C=O) groups excluding carboxylic acids is 3. The molecule has 33 heavy (non-hydrogen) atoms. The minimum atomic E-state index is -0.430. The van der Waals surface area contributed by atoms with E-state index in [2.05, 4.69) is 0 Å². The molecule has 0 aliphatic carbocycles. The van der Waals surface area contributed by atoms with Crippen LogP contribution in [0.2, 0.25) is 0 Å². The summed E-state index contributed by atoms with van der Waals surface area (Å²) >= 11 is 0. The van der Waals surface area contributed by atoms with E-state index in [1.807, 2.05) is 59.5 Å². The lowest BCUT2D eigenvalue weighted by Crippen LogP contribution is -2.59. The lowest BCUT2D eigenvalue weighted by atomic mass is 10.0. The summed E-state index contributed by atoms with van der Waals surface area (Å²) in [7, 11) is 1.64. The van der Waals surface area contributed by atoms with Gasteiger partial charge < -0.3 is 19.4 Å². The standard InChI is InChI=1S/C26H31N3O4/c1-33-23-10-6-5-9-21(23)11-12-24(30)27-15-13-22(14-16-27)29-18-17-28(25(31)26(29)32)19-20-7-3-2-4-8-20/h2-10,22H,11-19H2,1H3. The zero-order valence-corrected chi connectivity index (χ0v) is 19.1. The van der Waals surface area contributed by atoms with Gasteiger partial charge in [-0.2, -0.15) is 0 Å². The molecule has 4 rings (SSSR count). The summed E-state index contributed by atoms with van der Waals surface area (Å²) in [6.45, 7) is 2.77. The van der Waals surface area contributed by atoms with Gasteiger partial charge in [0.2, 0.25) is 5.91 Å². The van der Waals surface area contributed by atoms with Gasteiger partial charge >= 0.3 is 11.8 Å². The summed E-state index contributed by atoms with van der Waals surface area (Å²) in [6, 6.07) is 17.5. The van der Waals surface area contributed by atoms with Crippen LogP contribution in [0.15, 0.2) is 54.6 Å². The van der Waals surface area contributed by atoms with Crippen LogP contribution in [0.5, 0.6) is 5.75 Å². The average molecular weight is 450 g/mol. The second kappa shape index (κ2) is 10.5. The Bertz CT molecular complexity index is 986. The zero-order valence-electron chi connectivity index (χ0n) is 19.1. The number of ether oxygens (including phenoxy) is 1. The van der Waals surface area contributed by atoms with E-state index >= 15 is 0 Å². The van der Waals surface area contributed by atoms with Crippen molar-refractivity contribution in [3.63, 3.8) is 0 Å². The van der Waals surface area contributed by atoms with E-state index < -0.39 is 11.8 Å². The van der Waals surface area contributed by atoms with Crippen LogP contribution in [0.25, 0.3) is 0 Å². The number of rotatable bonds is 7. The van der Waals surface area contributed by atoms with Gasteiger partial charge in [0.25, 0.3) is 0 Å². The molecule has 0 radical (unpaired) electrons. The zero-order chi connectivity index (χ0) is 23.2. The molecule has 7 nitrogen and oxygen atoms in total. The maximum atomic E-state index is 12.8. The van der Waals surface area contributed by atoms with Crippen molar-refractivity contribution < 1.29 is 19.1 Å². The maximum absolute atomic E-state index is 12.8. The number of hydrogen-bond donors (Lipinski definition) is 0. The molecule has 7 heteroatoms. The maximum Gasteiger partial charge on any atom is 0.312 e. The second-order valence-corrected chi connectivity index (χ2v) is 8.63. The number of nitrogens with zero attached hydrogens (tertiary/aromatic N) is 3. The summed E-state index contributed by atoms with van der Waals surface area (Å²) in [5, 5.41) is 0. The molecule has 0 aromatic heterocycles. The quantitative estimate of drug-likeness (QED) is 0.609. The fraction of sp³-hybridized carbons (Fsp3) is 0.423. The van der Waals surface area contributed by atoms with Crippen LogP contribution in [0.4, 0.5) is 0 Å². The molecule has 2 aromatic rings. The molecule has 2 aliphatic rings. The van der Waals surface area contributed by atoms with Crippen molar-refractivity contribution in [3.05, 3.63) is 65.7 Å². The van der Waals surface area contributed by atoms with Gasteiger partial charge in [0.1, 0.15) is 5.75 Å². The predicted octanol–water partition coefficient (Wildman–Crippen LogP) is 2.49. The first-order chi connectivity index (χ1) is 16.1. The Kier molecular flexibility index (Phi) is 7.27. The van der Waals surface area contributed by atoms with Gasteiger partial charge in [-0.05, 0) is 36.5 Å². The highest BCUT2D eigenvalue weighted by molar-refractivity contribution is 6.35. The fourth-order valence-corrected chi connectivity index (χ4v) is 4.73. The minimum absolute atomic E-state index is 0.0126. The van der Waals surface area contributed by atoms with E-state index in [4.69, 9.17) is 4.74 Å². The first-order valence-electron chi connectivity index (χ1n) is 11.6. The van der Waals surface area contributed by atoms with Crippen LogP contribution in [0.3, 0.4) is 0 Å². The van der Waals surface area contributed by atoms with Crippen molar-refractivity contribution in [2.45, 2.75) is 38.3 Å². The SMILES string of the molecule is COc1ccccc1CCC(=O)N1CCC(N2CCN(Cc3ccccc3)C(=O)C2=O)CC1. The van der Waals surface area contributed by atoms with Crippen molar-refractivity contribution in [2.24, 2.45) is 0 Å². The van der Waals surface area contributed by atoms with Crippen LogP contribution < -0.4 is 4.74 Å². The van der Waals surface area contributed by atoms with Gasteiger partial charge in [-0.15, -0.1) is 0 Å². The van der Waals surface area contributed by atoms with Crippen LogP contribution >= 0.6 is 0 Å². The molecule has 0 N–H and O–H groups in total. The molecule has 0 spiro atoms. The van der Waals surface area contributed by atoms with Crippen LogP contribution in [0.1, 0.15) is 30.4 Å². The molecule has 3 amide bonds. The highest BCUT2D eigenvalue weighted by atomic mass is 16.5. The summed E-state index contributed by atoms with van der Waals surface area (Å²) in [6.07, 6.45) is 2.48. The number of piperidine rings is 1. The van der Waals surface area contributed by atoms with E-state index in [-0.39, 0.29) is 11.9 Å². The van der Waals surface area contributed by atoms with E-state index in [1.165, 1.54) is 0 Å². The molecule has 2 aromatic carbocycles. The van der Waals surface area contributed by atoms with Gasteiger partial charge in [-0.25, -0.2) is 0 Å². The lowest BCUT2D eigenvalue weighted by molar-refractivity contribution is -0.159. The summed E-state index contributed by atoms with van der Waals surface area (Å²) < 4.78 is 5.37. The highest BCUT2D eigenvalue weighted by Gasteiger charge is 2.37. The molecule has 2 heterocycles. The monoisotopic (exact) mass is 449 g/mol. The fourth-order valence-electron chi connectivity index (χ4n) is 4.73. The Hall–Kier alpha value is -3.35. The topological polar surface area (TPSA) is 70.2 Å². The minimum Gasteiger partial charge on any atom is -0.496 e. The number of piperazine rings is 1. The summed E-state index contributed by atoms with van der Waals surface area (Å²) in [5.74, 6) is 0.0755. The van der Waals surface area contributed by atoms with Gasteiger partial charge in [-0.3, -0.25) is 14.4 Å². The van der Waals surface area contributed by atoms with Crippen molar-refractivity contribution in [1.29, 1.82) is 0 Å². The third-order valence-corrected chi connectivity index (χ3v) is 6.62. The Balaban J connectivity index is 1.26. The van der Waals surface area contributed by atoms with E-state index in [1.54, 1.807) is 16.9 Å². The molecule has 2 fully saturated rings. The van der Waals surface area contributed by atoms with E-state index in [9.17, 15) is 14.4 Å². The third-order valence-electron chi connectivity index (χ3n) is 6.62. The molecule has 2 aliphatic heterocycles. The van der Waals surface area contributed by atoms with Crippen LogP contribution in [-0.4, -0.2) is 71.8 Å². The average Bonchev–Trinajstić information content (AvgIpc) is 2.86. The van der Waals surface area contributed by atoms with E-state index in [0.717, 1.165) is 16.9 Å². The number of hydrogen-bond acceptors (Lipinski definition) is 4. The molecular formula is C26H31N3O4. The number of amides is 3. The number of methoxy groups -OCH3 is 1. The Labute approximate surface area is 194 Å². The lowest BCUT2D eigenvalue weighted by Gasteiger charge is -2.42. The summed E-state index contributed by atoms with van der Waals surface area (Å²) in [4.78, 5) is 43.5. The van der Waals surface area contributed by atoms with Crippen LogP contribution in [-0.2, 0) is 27.3 Å². The van der Waals surface area contributed by atoms with Crippen molar-refractivity contribution in [2.75, 3.05) is 33.3 Å². The molecule has 0 saturated carbocycles. The number of benzene rings is 2. The number of carbonyl (C=O) groups is 3. The Morgan fingerprint density at radius 1 is 0.909 bits per heavy atom. The van der Waals surface area contributed by atoms with Crippen molar-refractivity contribution in [1.82, 2.24) is 14.7 Å². The molecule has 0 unspecified atom stereocenters. The largest absolute Gasteiger partial charge is 0.496 e. The Morgan fingerprint density at radius 2 is 1.61 bits per heavy atom. The van der Waals surface area contributed by atoms with Gasteiger partial charge in [0, 0.05) is 45.2 Å². The number of aryl methyl sites for hydroxylation is 1. The Morgan fingerprint density at radius 3 is 2.33 bits per heavy atom. The first kappa shape index (κ1) is 22.8. The second-order valence-electron chi connectivity index (χ2n) is 8.63. The van der Waals surface area contributed by atoms with E-state index in [0.29, 0.717) is 58.4 Å². The van der Waals surface area contributed by atoms with Crippen molar-refractivity contribution in [3.8, 4) is 5.75 Å². The summed E-state index contributed by atoms with van der Waals surface area (Å²) in [5.41, 5.74) is 2.05. The predicted molar refractivity (Wildman–Crippen MR) is 124 cm³/mol. The van der Waals surface area contributed by atoms with Crippen LogP contribution in [0, 0.1) is 0 Å². The molecule has 174 valence electrons. The molecule has 0 bridgehead atoms. The first-order valence-corrected chi connectivity index (χ1v) is 11.6. The molecule has 0 atom stereocenters. The smallest absolute Gasteiger partial charge is 0.312 e. The normalized spacial score (nSPS) is 17.4. The molecule has 2 saturated heterocycles. The number of para-hydroxylation sites is 1. The molecular weight excluding hydrogens is 418 g/mol. The highest BCUT2D eigenvalue weighted by Crippen LogP contribution is 2.23. The van der Waals surface area contributed by atoms with Gasteiger partial charge in [0.15, 0.2) is 0 Å². The third kappa shape index (κ3) is 5.35. The van der Waals surface area contributed by atoms with Gasteiger partial charge in [-0.1, -0.05) is 48.5 Å².